The first-order chi connectivity index (χ1) is 7.59. The van der Waals surface area contributed by atoms with Crippen LogP contribution in [0, 0.1) is 6.92 Å². The maximum absolute atomic E-state index is 12.1. The van der Waals surface area contributed by atoms with Crippen molar-refractivity contribution in [2.75, 3.05) is 20.1 Å². The maximum Gasteiger partial charge on any atom is 0.254 e. The molecule has 4 heteroatoms. The standard InChI is InChI=1S/C12H16N2O2/c1-8-5-10(15)3-4-11(8)12(16)14(2)9-6-13-7-9/h3-5,9,13,15H,6-7H2,1-2H3. The summed E-state index contributed by atoms with van der Waals surface area (Å²) in [5.41, 5.74) is 1.47. The van der Waals surface area contributed by atoms with Gasteiger partial charge in [0.1, 0.15) is 5.75 Å². The number of aromatic hydroxyl groups is 1. The molecule has 0 bridgehead atoms. The van der Waals surface area contributed by atoms with Gasteiger partial charge in [0.25, 0.3) is 5.91 Å². The number of hydrogen-bond acceptors (Lipinski definition) is 3. The molecular weight excluding hydrogens is 204 g/mol. The number of rotatable bonds is 2. The minimum absolute atomic E-state index is 0.0176. The lowest BCUT2D eigenvalue weighted by Crippen LogP contribution is -2.57. The van der Waals surface area contributed by atoms with Gasteiger partial charge in [-0.25, -0.2) is 0 Å². The van der Waals surface area contributed by atoms with Gasteiger partial charge >= 0.3 is 0 Å². The molecule has 0 spiro atoms. The topological polar surface area (TPSA) is 52.6 Å². The lowest BCUT2D eigenvalue weighted by molar-refractivity contribution is 0.0680. The fourth-order valence-corrected chi connectivity index (χ4v) is 1.79. The normalized spacial score (nSPS) is 15.6. The number of benzene rings is 1. The first-order valence-corrected chi connectivity index (χ1v) is 5.37. The fraction of sp³-hybridized carbons (Fsp3) is 0.417. The monoisotopic (exact) mass is 220 g/mol. The summed E-state index contributed by atoms with van der Waals surface area (Å²) in [5.74, 6) is 0.214. The Kier molecular flexibility index (Phi) is 2.83. The van der Waals surface area contributed by atoms with Gasteiger partial charge in [0.05, 0.1) is 6.04 Å². The van der Waals surface area contributed by atoms with Crippen molar-refractivity contribution in [1.29, 1.82) is 0 Å². The third kappa shape index (κ3) is 1.88. The number of hydrogen-bond donors (Lipinski definition) is 2. The van der Waals surface area contributed by atoms with Gasteiger partial charge in [-0.05, 0) is 30.7 Å². The summed E-state index contributed by atoms with van der Waals surface area (Å²) in [6, 6.07) is 5.13. The van der Waals surface area contributed by atoms with Crippen molar-refractivity contribution in [3.8, 4) is 5.75 Å². The van der Waals surface area contributed by atoms with Crippen molar-refractivity contribution < 1.29 is 9.90 Å². The second-order valence-electron chi connectivity index (χ2n) is 4.23. The van der Waals surface area contributed by atoms with Gasteiger partial charge in [-0.3, -0.25) is 4.79 Å². The molecule has 1 heterocycles. The van der Waals surface area contributed by atoms with Crippen molar-refractivity contribution in [2.45, 2.75) is 13.0 Å². The Morgan fingerprint density at radius 1 is 1.50 bits per heavy atom. The van der Waals surface area contributed by atoms with E-state index in [0.717, 1.165) is 18.7 Å². The molecular formula is C12H16N2O2. The van der Waals surface area contributed by atoms with Gasteiger partial charge < -0.3 is 15.3 Å². The van der Waals surface area contributed by atoms with Crippen molar-refractivity contribution in [2.24, 2.45) is 0 Å². The molecule has 2 rings (SSSR count). The van der Waals surface area contributed by atoms with Gasteiger partial charge in [0.15, 0.2) is 0 Å². The molecule has 1 amide bonds. The lowest BCUT2D eigenvalue weighted by Gasteiger charge is -2.35. The van der Waals surface area contributed by atoms with E-state index in [1.54, 1.807) is 23.1 Å². The summed E-state index contributed by atoms with van der Waals surface area (Å²) < 4.78 is 0. The molecule has 0 aliphatic carbocycles. The molecule has 2 N–H and O–H groups in total. The predicted octanol–water partition coefficient (Wildman–Crippen LogP) is 0.744. The van der Waals surface area contributed by atoms with Crippen LogP contribution < -0.4 is 5.32 Å². The molecule has 0 saturated carbocycles. The molecule has 86 valence electrons. The van der Waals surface area contributed by atoms with Crippen LogP contribution >= 0.6 is 0 Å². The largest absolute Gasteiger partial charge is 0.508 e. The van der Waals surface area contributed by atoms with Crippen LogP contribution in [0.2, 0.25) is 0 Å². The Hall–Kier alpha value is -1.55. The first kappa shape index (κ1) is 11.0. The SMILES string of the molecule is Cc1cc(O)ccc1C(=O)N(C)C1CNC1. The molecule has 0 radical (unpaired) electrons. The van der Waals surface area contributed by atoms with Crippen molar-refractivity contribution in [1.82, 2.24) is 10.2 Å². The molecule has 1 aromatic rings. The van der Waals surface area contributed by atoms with Gasteiger partial charge in [0.2, 0.25) is 0 Å². The molecule has 16 heavy (non-hydrogen) atoms. The number of amides is 1. The highest BCUT2D eigenvalue weighted by Gasteiger charge is 2.26. The molecule has 0 aromatic heterocycles. The zero-order valence-electron chi connectivity index (χ0n) is 9.53. The number of phenolic OH excluding ortho intramolecular Hbond substituents is 1. The van der Waals surface area contributed by atoms with E-state index < -0.39 is 0 Å². The zero-order chi connectivity index (χ0) is 11.7. The van der Waals surface area contributed by atoms with E-state index in [-0.39, 0.29) is 11.7 Å². The highest BCUT2D eigenvalue weighted by molar-refractivity contribution is 5.95. The average Bonchev–Trinajstić information content (AvgIpc) is 2.14. The third-order valence-corrected chi connectivity index (χ3v) is 3.07. The minimum atomic E-state index is 0.0176. The summed E-state index contributed by atoms with van der Waals surface area (Å²) in [6.07, 6.45) is 0. The van der Waals surface area contributed by atoms with Gasteiger partial charge in [-0.1, -0.05) is 0 Å². The van der Waals surface area contributed by atoms with Crippen molar-refractivity contribution >= 4 is 5.91 Å². The molecule has 1 aliphatic rings. The molecule has 1 aromatic carbocycles. The van der Waals surface area contributed by atoms with E-state index in [1.807, 2.05) is 14.0 Å². The maximum atomic E-state index is 12.1. The van der Waals surface area contributed by atoms with Crippen LogP contribution in [0.15, 0.2) is 18.2 Å². The van der Waals surface area contributed by atoms with E-state index in [9.17, 15) is 9.90 Å². The zero-order valence-corrected chi connectivity index (χ0v) is 9.53. The Labute approximate surface area is 94.9 Å². The van der Waals surface area contributed by atoms with E-state index in [1.165, 1.54) is 0 Å². The number of nitrogens with zero attached hydrogens (tertiary/aromatic N) is 1. The van der Waals surface area contributed by atoms with Crippen LogP contribution in [0.3, 0.4) is 0 Å². The number of carbonyl (C=O) groups excluding carboxylic acids is 1. The smallest absolute Gasteiger partial charge is 0.254 e. The summed E-state index contributed by atoms with van der Waals surface area (Å²) >= 11 is 0. The van der Waals surface area contributed by atoms with Gasteiger partial charge in [-0.15, -0.1) is 0 Å². The molecule has 0 atom stereocenters. The Balaban J connectivity index is 2.19. The Bertz CT molecular complexity index is 413. The second-order valence-corrected chi connectivity index (χ2v) is 4.23. The van der Waals surface area contributed by atoms with Gasteiger partial charge in [-0.2, -0.15) is 0 Å². The van der Waals surface area contributed by atoms with Crippen LogP contribution in [0.1, 0.15) is 15.9 Å². The molecule has 4 nitrogen and oxygen atoms in total. The van der Waals surface area contributed by atoms with Crippen LogP contribution in [0.4, 0.5) is 0 Å². The molecule has 1 fully saturated rings. The van der Waals surface area contributed by atoms with Crippen molar-refractivity contribution in [3.05, 3.63) is 29.3 Å². The lowest BCUT2D eigenvalue weighted by atomic mass is 10.0. The quantitative estimate of drug-likeness (QED) is 0.773. The number of likely N-dealkylation sites (N-methyl/N-ethyl adjacent to an activating group) is 1. The van der Waals surface area contributed by atoms with Crippen molar-refractivity contribution in [3.63, 3.8) is 0 Å². The predicted molar refractivity (Wildman–Crippen MR) is 61.6 cm³/mol. The van der Waals surface area contributed by atoms with Gasteiger partial charge in [0, 0.05) is 25.7 Å². The van der Waals surface area contributed by atoms with E-state index in [4.69, 9.17) is 0 Å². The summed E-state index contributed by atoms with van der Waals surface area (Å²) in [4.78, 5) is 13.9. The second kappa shape index (κ2) is 4.14. The average molecular weight is 220 g/mol. The number of nitrogens with one attached hydrogen (secondary N) is 1. The van der Waals surface area contributed by atoms with E-state index in [0.29, 0.717) is 11.6 Å². The summed E-state index contributed by atoms with van der Waals surface area (Å²) in [6.45, 7) is 3.55. The highest BCUT2D eigenvalue weighted by Crippen LogP contribution is 2.18. The molecule has 1 aliphatic heterocycles. The Morgan fingerprint density at radius 2 is 2.19 bits per heavy atom. The third-order valence-electron chi connectivity index (χ3n) is 3.07. The van der Waals surface area contributed by atoms with E-state index >= 15 is 0 Å². The van der Waals surface area contributed by atoms with Crippen LogP contribution in [0.5, 0.6) is 5.75 Å². The summed E-state index contributed by atoms with van der Waals surface area (Å²) in [5, 5.41) is 12.4. The van der Waals surface area contributed by atoms with Crippen LogP contribution in [0.25, 0.3) is 0 Å². The van der Waals surface area contributed by atoms with E-state index in [2.05, 4.69) is 5.32 Å². The number of carbonyl (C=O) groups is 1. The minimum Gasteiger partial charge on any atom is -0.508 e. The number of phenols is 1. The Morgan fingerprint density at radius 3 is 2.69 bits per heavy atom. The molecule has 1 saturated heterocycles. The summed E-state index contributed by atoms with van der Waals surface area (Å²) in [7, 11) is 1.82. The fourth-order valence-electron chi connectivity index (χ4n) is 1.79. The first-order valence-electron chi connectivity index (χ1n) is 5.37. The van der Waals surface area contributed by atoms with Crippen LogP contribution in [-0.4, -0.2) is 42.1 Å². The molecule has 0 unspecified atom stereocenters. The highest BCUT2D eigenvalue weighted by atomic mass is 16.3. The van der Waals surface area contributed by atoms with Crippen LogP contribution in [-0.2, 0) is 0 Å². The number of aryl methyl sites for hydroxylation is 1.